The molecule has 3 rings (SSSR count). The Morgan fingerprint density at radius 3 is 2.60 bits per heavy atom. The second-order valence-electron chi connectivity index (χ2n) is 7.29. The molecule has 0 radical (unpaired) electrons. The van der Waals surface area contributed by atoms with E-state index in [1.54, 1.807) is 4.90 Å². The monoisotopic (exact) mass is 560 g/mol. The molecular weight excluding hydrogens is 535 g/mol. The van der Waals surface area contributed by atoms with Crippen LogP contribution in [0.15, 0.2) is 17.0 Å². The second kappa shape index (κ2) is 10.3. The first kappa shape index (κ1) is 23.3. The van der Waals surface area contributed by atoms with Crippen molar-refractivity contribution in [1.29, 1.82) is 0 Å². The van der Waals surface area contributed by atoms with Crippen molar-refractivity contribution in [3.8, 4) is 11.5 Å². The van der Waals surface area contributed by atoms with Crippen LogP contribution in [-0.2, 0) is 9.59 Å². The Bertz CT molecular complexity index is 882. The number of thiocarbonyl (C=S) groups is 1. The Balaban J connectivity index is 1.81. The van der Waals surface area contributed by atoms with Crippen LogP contribution in [0.3, 0.4) is 0 Å². The van der Waals surface area contributed by atoms with Crippen LogP contribution >= 0.6 is 46.6 Å². The molecule has 0 N–H and O–H groups in total. The first-order chi connectivity index (χ1) is 14.3. The molecule has 2 heterocycles. The van der Waals surface area contributed by atoms with Crippen LogP contribution in [0.5, 0.6) is 11.5 Å². The molecule has 0 bridgehead atoms. The Hall–Kier alpha value is -1.33. The van der Waals surface area contributed by atoms with Gasteiger partial charge in [0, 0.05) is 19.1 Å². The molecular formula is C21H25IN2O4S2. The molecule has 0 saturated carbocycles. The van der Waals surface area contributed by atoms with Crippen LogP contribution in [0, 0.1) is 3.57 Å². The molecule has 0 unspecified atom stereocenters. The maximum Gasteiger partial charge on any atom is 0.266 e. The van der Waals surface area contributed by atoms with E-state index in [1.165, 1.54) is 11.8 Å². The highest BCUT2D eigenvalue weighted by Gasteiger charge is 2.33. The summed E-state index contributed by atoms with van der Waals surface area (Å²) in [4.78, 5) is 29.1. The van der Waals surface area contributed by atoms with Crippen molar-refractivity contribution >= 4 is 68.8 Å². The number of hydrogen-bond donors (Lipinski definition) is 0. The van der Waals surface area contributed by atoms with Crippen molar-refractivity contribution in [3.05, 3.63) is 26.2 Å². The molecule has 0 spiro atoms. The van der Waals surface area contributed by atoms with E-state index in [-0.39, 0.29) is 24.5 Å². The van der Waals surface area contributed by atoms with Gasteiger partial charge < -0.3 is 14.4 Å². The van der Waals surface area contributed by atoms with Gasteiger partial charge in [-0.3, -0.25) is 14.5 Å². The first-order valence-corrected chi connectivity index (χ1v) is 12.3. The van der Waals surface area contributed by atoms with Crippen molar-refractivity contribution in [2.24, 2.45) is 0 Å². The van der Waals surface area contributed by atoms with Gasteiger partial charge in [0.25, 0.3) is 11.8 Å². The molecule has 6 nitrogen and oxygen atoms in total. The number of hydrogen-bond acceptors (Lipinski definition) is 6. The molecule has 0 aromatic heterocycles. The van der Waals surface area contributed by atoms with Gasteiger partial charge in [-0.05, 0) is 80.0 Å². The summed E-state index contributed by atoms with van der Waals surface area (Å²) in [6, 6.07) is 3.77. The van der Waals surface area contributed by atoms with Gasteiger partial charge in [-0.1, -0.05) is 24.0 Å². The fraction of sp³-hybridized carbons (Fsp3) is 0.476. The Kier molecular flexibility index (Phi) is 8.03. The SMILES string of the molecule is CCOc1cc(/C=C2\SC(=S)N(C(C)C)C2=O)cc(I)c1OCC(=O)N1CCCC1. The number of benzene rings is 1. The average Bonchev–Trinajstić information content (AvgIpc) is 3.30. The number of amides is 2. The Labute approximate surface area is 200 Å². The summed E-state index contributed by atoms with van der Waals surface area (Å²) < 4.78 is 13.0. The summed E-state index contributed by atoms with van der Waals surface area (Å²) in [5, 5.41) is 0. The number of nitrogens with zero attached hydrogens (tertiary/aromatic N) is 2. The van der Waals surface area contributed by atoms with Gasteiger partial charge in [-0.2, -0.15) is 0 Å². The number of carbonyl (C=O) groups is 2. The molecule has 1 aromatic rings. The summed E-state index contributed by atoms with van der Waals surface area (Å²) in [6.07, 6.45) is 3.92. The minimum atomic E-state index is -0.0792. The van der Waals surface area contributed by atoms with Gasteiger partial charge in [-0.25, -0.2) is 0 Å². The zero-order chi connectivity index (χ0) is 21.8. The Morgan fingerprint density at radius 2 is 2.00 bits per heavy atom. The lowest BCUT2D eigenvalue weighted by atomic mass is 10.1. The summed E-state index contributed by atoms with van der Waals surface area (Å²) in [6.45, 7) is 7.83. The third-order valence-electron chi connectivity index (χ3n) is 4.77. The normalized spacial score (nSPS) is 18.1. The van der Waals surface area contributed by atoms with E-state index in [0.717, 1.165) is 35.1 Å². The van der Waals surface area contributed by atoms with Crippen molar-refractivity contribution in [2.75, 3.05) is 26.3 Å². The minimum Gasteiger partial charge on any atom is -0.490 e. The van der Waals surface area contributed by atoms with E-state index in [1.807, 2.05) is 43.9 Å². The molecule has 1 aromatic carbocycles. The highest BCUT2D eigenvalue weighted by molar-refractivity contribution is 14.1. The number of ether oxygens (including phenoxy) is 2. The van der Waals surface area contributed by atoms with Gasteiger partial charge in [0.05, 0.1) is 15.1 Å². The molecule has 2 aliphatic heterocycles. The number of halogens is 1. The van der Waals surface area contributed by atoms with E-state index < -0.39 is 0 Å². The zero-order valence-corrected chi connectivity index (χ0v) is 21.1. The Morgan fingerprint density at radius 1 is 1.30 bits per heavy atom. The number of likely N-dealkylation sites (tertiary alicyclic amines) is 1. The maximum atomic E-state index is 12.7. The highest BCUT2D eigenvalue weighted by Crippen LogP contribution is 2.38. The van der Waals surface area contributed by atoms with E-state index in [9.17, 15) is 9.59 Å². The number of thioether (sulfide) groups is 1. The van der Waals surface area contributed by atoms with Crippen LogP contribution in [0.4, 0.5) is 0 Å². The molecule has 9 heteroatoms. The predicted molar refractivity (Wildman–Crippen MR) is 132 cm³/mol. The van der Waals surface area contributed by atoms with Crippen LogP contribution in [0.25, 0.3) is 6.08 Å². The van der Waals surface area contributed by atoms with Gasteiger partial charge in [0.1, 0.15) is 4.32 Å². The average molecular weight is 560 g/mol. The molecule has 162 valence electrons. The molecule has 2 amide bonds. The quantitative estimate of drug-likeness (QED) is 0.282. The van der Waals surface area contributed by atoms with E-state index in [2.05, 4.69) is 22.6 Å². The lowest BCUT2D eigenvalue weighted by Crippen LogP contribution is -2.34. The van der Waals surface area contributed by atoms with Crippen LogP contribution in [0.2, 0.25) is 0 Å². The standard InChI is InChI=1S/C21H25IN2O4S2/c1-4-27-16-10-14(11-17-20(26)24(13(2)3)21(29)30-17)9-15(22)19(16)28-12-18(25)23-7-5-6-8-23/h9-11,13H,4-8,12H2,1-3H3/b17-11-. The van der Waals surface area contributed by atoms with Crippen molar-refractivity contribution in [3.63, 3.8) is 0 Å². The number of rotatable bonds is 7. The molecule has 2 saturated heterocycles. The summed E-state index contributed by atoms with van der Waals surface area (Å²) in [5.74, 6) is 1.03. The highest BCUT2D eigenvalue weighted by atomic mass is 127. The summed E-state index contributed by atoms with van der Waals surface area (Å²) in [5.41, 5.74) is 0.824. The third-order valence-corrected chi connectivity index (χ3v) is 6.90. The number of carbonyl (C=O) groups excluding carboxylic acids is 2. The fourth-order valence-electron chi connectivity index (χ4n) is 3.34. The van der Waals surface area contributed by atoms with Crippen molar-refractivity contribution in [1.82, 2.24) is 9.80 Å². The fourth-order valence-corrected chi connectivity index (χ4v) is 5.65. The molecule has 0 atom stereocenters. The molecule has 0 aliphatic carbocycles. The van der Waals surface area contributed by atoms with Crippen molar-refractivity contribution < 1.29 is 19.1 Å². The largest absolute Gasteiger partial charge is 0.490 e. The van der Waals surface area contributed by atoms with Gasteiger partial charge in [0.2, 0.25) is 0 Å². The van der Waals surface area contributed by atoms with Crippen LogP contribution < -0.4 is 9.47 Å². The molecule has 2 fully saturated rings. The second-order valence-corrected chi connectivity index (χ2v) is 10.1. The topological polar surface area (TPSA) is 59.1 Å². The maximum absolute atomic E-state index is 12.7. The van der Waals surface area contributed by atoms with Crippen molar-refractivity contribution in [2.45, 2.75) is 39.7 Å². The molecule has 30 heavy (non-hydrogen) atoms. The predicted octanol–water partition coefficient (Wildman–Crippen LogP) is 4.30. The van der Waals surface area contributed by atoms with E-state index in [0.29, 0.717) is 27.3 Å². The van der Waals surface area contributed by atoms with Gasteiger partial charge >= 0.3 is 0 Å². The van der Waals surface area contributed by atoms with Gasteiger partial charge in [0.15, 0.2) is 18.1 Å². The molecule has 2 aliphatic rings. The van der Waals surface area contributed by atoms with E-state index in [4.69, 9.17) is 21.7 Å². The zero-order valence-electron chi connectivity index (χ0n) is 17.3. The summed E-state index contributed by atoms with van der Waals surface area (Å²) >= 11 is 8.83. The summed E-state index contributed by atoms with van der Waals surface area (Å²) in [7, 11) is 0. The lowest BCUT2D eigenvalue weighted by molar-refractivity contribution is -0.132. The van der Waals surface area contributed by atoms with Gasteiger partial charge in [-0.15, -0.1) is 0 Å². The third kappa shape index (κ3) is 5.28. The van der Waals surface area contributed by atoms with E-state index >= 15 is 0 Å². The first-order valence-electron chi connectivity index (χ1n) is 9.95. The van der Waals surface area contributed by atoms with Crippen LogP contribution in [-0.4, -0.2) is 58.3 Å². The minimum absolute atomic E-state index is 0.00724. The lowest BCUT2D eigenvalue weighted by Gasteiger charge is -2.18. The van der Waals surface area contributed by atoms with Crippen LogP contribution in [0.1, 0.15) is 39.2 Å². The smallest absolute Gasteiger partial charge is 0.266 e.